The zero-order valence-corrected chi connectivity index (χ0v) is 9.77. The van der Waals surface area contributed by atoms with Crippen LogP contribution in [0.3, 0.4) is 0 Å². The summed E-state index contributed by atoms with van der Waals surface area (Å²) in [6.45, 7) is 9.07. The highest BCUT2D eigenvalue weighted by molar-refractivity contribution is 7.10. The molecule has 0 amide bonds. The molecule has 1 saturated carbocycles. The monoisotopic (exact) mass is 206 g/mol. The molecule has 0 bridgehead atoms. The Balaban J connectivity index is 2.32. The molecular formula is C11H14N2S. The third kappa shape index (κ3) is 1.04. The van der Waals surface area contributed by atoms with Gasteiger partial charge < -0.3 is 0 Å². The van der Waals surface area contributed by atoms with Gasteiger partial charge in [-0.05, 0) is 10.8 Å². The molecule has 1 aliphatic rings. The van der Waals surface area contributed by atoms with Gasteiger partial charge in [-0.1, -0.05) is 27.7 Å². The minimum absolute atomic E-state index is 0.313. The van der Waals surface area contributed by atoms with Gasteiger partial charge in [0.1, 0.15) is 6.07 Å². The smallest absolute Gasteiger partial charge is 0.194 e. The summed E-state index contributed by atoms with van der Waals surface area (Å²) in [6.07, 6.45) is 0. The van der Waals surface area contributed by atoms with Crippen molar-refractivity contribution in [1.29, 1.82) is 5.26 Å². The molecule has 0 atom stereocenters. The number of aromatic nitrogens is 1. The molecule has 0 aromatic carbocycles. The van der Waals surface area contributed by atoms with Crippen LogP contribution in [0.15, 0.2) is 5.38 Å². The quantitative estimate of drug-likeness (QED) is 0.707. The lowest BCUT2D eigenvalue weighted by molar-refractivity contribution is 0.457. The Kier molecular flexibility index (Phi) is 1.78. The molecule has 1 heterocycles. The van der Waals surface area contributed by atoms with Crippen molar-refractivity contribution < 1.29 is 0 Å². The normalized spacial score (nSPS) is 23.1. The van der Waals surface area contributed by atoms with E-state index in [1.165, 1.54) is 11.3 Å². The van der Waals surface area contributed by atoms with Gasteiger partial charge in [0.2, 0.25) is 0 Å². The maximum Gasteiger partial charge on any atom is 0.194 e. The third-order valence-corrected chi connectivity index (χ3v) is 4.70. The van der Waals surface area contributed by atoms with Gasteiger partial charge in [-0.3, -0.25) is 0 Å². The standard InChI is InChI=1S/C11H14N2S/c1-10(2)9(11(10,3)4)7-6-14-8(5-12)13-7/h6,9H,1-4H3. The van der Waals surface area contributed by atoms with Crippen LogP contribution in [0.4, 0.5) is 0 Å². The first-order chi connectivity index (χ1) is 6.41. The van der Waals surface area contributed by atoms with E-state index in [1.807, 2.05) is 5.38 Å². The zero-order valence-electron chi connectivity index (χ0n) is 8.96. The molecule has 1 aliphatic carbocycles. The molecule has 2 nitrogen and oxygen atoms in total. The summed E-state index contributed by atoms with van der Waals surface area (Å²) in [5, 5.41) is 11.3. The summed E-state index contributed by atoms with van der Waals surface area (Å²) in [5.74, 6) is 0.508. The highest BCUT2D eigenvalue weighted by Gasteiger charge is 2.66. The lowest BCUT2D eigenvalue weighted by Crippen LogP contribution is -1.95. The van der Waals surface area contributed by atoms with Crippen molar-refractivity contribution in [3.05, 3.63) is 16.1 Å². The summed E-state index contributed by atoms with van der Waals surface area (Å²) in [7, 11) is 0. The van der Waals surface area contributed by atoms with Crippen LogP contribution >= 0.6 is 11.3 Å². The van der Waals surface area contributed by atoms with Crippen LogP contribution in [0.25, 0.3) is 0 Å². The molecule has 1 aromatic heterocycles. The van der Waals surface area contributed by atoms with Crippen molar-refractivity contribution >= 4 is 11.3 Å². The van der Waals surface area contributed by atoms with E-state index in [-0.39, 0.29) is 0 Å². The van der Waals surface area contributed by atoms with Crippen LogP contribution in [0, 0.1) is 22.2 Å². The van der Waals surface area contributed by atoms with Crippen LogP contribution in [-0.2, 0) is 0 Å². The second-order valence-corrected chi connectivity index (χ2v) is 5.92. The van der Waals surface area contributed by atoms with Gasteiger partial charge in [0.05, 0.1) is 5.69 Å². The highest BCUT2D eigenvalue weighted by Crippen LogP contribution is 2.73. The van der Waals surface area contributed by atoms with Crippen LogP contribution in [0.2, 0.25) is 0 Å². The Bertz CT molecular complexity index is 395. The van der Waals surface area contributed by atoms with Crippen molar-refractivity contribution in [2.45, 2.75) is 33.6 Å². The molecule has 0 unspecified atom stereocenters. The molecule has 0 aliphatic heterocycles. The fourth-order valence-corrected chi connectivity index (χ4v) is 3.04. The van der Waals surface area contributed by atoms with E-state index in [4.69, 9.17) is 5.26 Å². The highest BCUT2D eigenvalue weighted by atomic mass is 32.1. The molecule has 0 radical (unpaired) electrons. The number of hydrogen-bond donors (Lipinski definition) is 0. The summed E-state index contributed by atoms with van der Waals surface area (Å²) in [5.41, 5.74) is 1.73. The second kappa shape index (κ2) is 2.58. The van der Waals surface area contributed by atoms with Gasteiger partial charge in [-0.15, -0.1) is 11.3 Å². The Hall–Kier alpha value is -0.880. The molecule has 1 aromatic rings. The maximum atomic E-state index is 8.71. The van der Waals surface area contributed by atoms with E-state index >= 15 is 0 Å². The van der Waals surface area contributed by atoms with E-state index in [0.717, 1.165) is 5.69 Å². The third-order valence-electron chi connectivity index (χ3n) is 3.93. The number of thiazole rings is 1. The molecule has 0 spiro atoms. The summed E-state index contributed by atoms with van der Waals surface area (Å²) in [4.78, 5) is 4.34. The summed E-state index contributed by atoms with van der Waals surface area (Å²) < 4.78 is 0. The summed E-state index contributed by atoms with van der Waals surface area (Å²) >= 11 is 1.45. The first-order valence-electron chi connectivity index (χ1n) is 4.77. The average Bonchev–Trinajstić information content (AvgIpc) is 2.51. The van der Waals surface area contributed by atoms with Gasteiger partial charge in [-0.25, -0.2) is 4.98 Å². The van der Waals surface area contributed by atoms with Crippen molar-refractivity contribution in [1.82, 2.24) is 4.98 Å². The van der Waals surface area contributed by atoms with Crippen molar-refractivity contribution in [2.24, 2.45) is 10.8 Å². The van der Waals surface area contributed by atoms with Crippen molar-refractivity contribution in [3.63, 3.8) is 0 Å². The number of nitrogens with zero attached hydrogens (tertiary/aromatic N) is 2. The second-order valence-electron chi connectivity index (χ2n) is 5.07. The van der Waals surface area contributed by atoms with E-state index in [1.54, 1.807) is 0 Å². The first-order valence-corrected chi connectivity index (χ1v) is 5.65. The van der Waals surface area contributed by atoms with Crippen LogP contribution < -0.4 is 0 Å². The van der Waals surface area contributed by atoms with Gasteiger partial charge in [0.25, 0.3) is 0 Å². The van der Waals surface area contributed by atoms with Crippen LogP contribution in [-0.4, -0.2) is 4.98 Å². The molecule has 3 heteroatoms. The largest absolute Gasteiger partial charge is 0.231 e. The van der Waals surface area contributed by atoms with Crippen LogP contribution in [0.1, 0.15) is 44.3 Å². The minimum atomic E-state index is 0.313. The predicted molar refractivity (Wildman–Crippen MR) is 57.1 cm³/mol. The maximum absolute atomic E-state index is 8.71. The lowest BCUT2D eigenvalue weighted by atomic mass is 10.0. The lowest BCUT2D eigenvalue weighted by Gasteiger charge is -2.03. The van der Waals surface area contributed by atoms with Crippen LogP contribution in [0.5, 0.6) is 0 Å². The van der Waals surface area contributed by atoms with Gasteiger partial charge in [0, 0.05) is 11.3 Å². The predicted octanol–water partition coefficient (Wildman–Crippen LogP) is 3.16. The molecule has 0 N–H and O–H groups in total. The van der Waals surface area contributed by atoms with E-state index < -0.39 is 0 Å². The van der Waals surface area contributed by atoms with E-state index in [9.17, 15) is 0 Å². The first kappa shape index (κ1) is 9.67. The minimum Gasteiger partial charge on any atom is -0.231 e. The molecule has 14 heavy (non-hydrogen) atoms. The molecule has 2 rings (SSSR count). The fourth-order valence-electron chi connectivity index (χ4n) is 2.41. The number of hydrogen-bond acceptors (Lipinski definition) is 3. The molecule has 1 fully saturated rings. The van der Waals surface area contributed by atoms with E-state index in [0.29, 0.717) is 21.8 Å². The molecule has 74 valence electrons. The molecular weight excluding hydrogens is 192 g/mol. The van der Waals surface area contributed by atoms with Gasteiger partial charge in [-0.2, -0.15) is 5.26 Å². The molecule has 0 saturated heterocycles. The Labute approximate surface area is 88.6 Å². The average molecular weight is 206 g/mol. The van der Waals surface area contributed by atoms with Gasteiger partial charge in [0.15, 0.2) is 5.01 Å². The Morgan fingerprint density at radius 1 is 1.36 bits per heavy atom. The zero-order chi connectivity index (χ0) is 10.6. The fraction of sp³-hybridized carbons (Fsp3) is 0.636. The Morgan fingerprint density at radius 2 is 1.93 bits per heavy atom. The Morgan fingerprint density at radius 3 is 2.29 bits per heavy atom. The van der Waals surface area contributed by atoms with E-state index in [2.05, 4.69) is 38.7 Å². The van der Waals surface area contributed by atoms with Gasteiger partial charge >= 0.3 is 0 Å². The number of rotatable bonds is 1. The van der Waals surface area contributed by atoms with Crippen molar-refractivity contribution in [3.8, 4) is 6.07 Å². The SMILES string of the molecule is CC1(C)C(c2csc(C#N)n2)C1(C)C. The summed E-state index contributed by atoms with van der Waals surface area (Å²) in [6, 6.07) is 2.09. The topological polar surface area (TPSA) is 36.7 Å². The number of nitriles is 1. The van der Waals surface area contributed by atoms with Crippen molar-refractivity contribution in [2.75, 3.05) is 0 Å².